The molecule has 10 heteroatoms. The van der Waals surface area contributed by atoms with E-state index < -0.39 is 35.8 Å². The number of aliphatic hydroxyl groups is 4. The van der Waals surface area contributed by atoms with Crippen molar-refractivity contribution in [2.75, 3.05) is 0 Å². The smallest absolute Gasteiger partial charge is 0.393 e. The van der Waals surface area contributed by atoms with E-state index in [2.05, 4.69) is 13.0 Å². The normalized spacial score (nSPS) is 32.0. The van der Waals surface area contributed by atoms with Crippen molar-refractivity contribution in [2.45, 2.75) is 134 Å². The fourth-order valence-corrected chi connectivity index (χ4v) is 7.63. The van der Waals surface area contributed by atoms with Gasteiger partial charge in [-0.15, -0.1) is 0 Å². The number of rotatable bonds is 9. The minimum Gasteiger partial charge on any atom is -0.393 e. The first-order valence-corrected chi connectivity index (χ1v) is 14.8. The van der Waals surface area contributed by atoms with Gasteiger partial charge in [-0.2, -0.15) is 26.3 Å². The van der Waals surface area contributed by atoms with Crippen LogP contribution in [0, 0.1) is 23.2 Å². The van der Waals surface area contributed by atoms with E-state index in [4.69, 9.17) is 0 Å². The zero-order valence-corrected chi connectivity index (χ0v) is 24.2. The van der Waals surface area contributed by atoms with E-state index in [1.54, 1.807) is 13.8 Å². The topological polar surface area (TPSA) is 80.9 Å². The minimum atomic E-state index is -5.90. The summed E-state index contributed by atoms with van der Waals surface area (Å²) in [7, 11) is 0. The van der Waals surface area contributed by atoms with Crippen LogP contribution < -0.4 is 0 Å². The highest BCUT2D eigenvalue weighted by Gasteiger charge is 2.69. The summed E-state index contributed by atoms with van der Waals surface area (Å²) in [6, 6.07) is 0. The molecule has 3 aliphatic rings. The lowest BCUT2D eigenvalue weighted by Crippen LogP contribution is -2.55. The Hall–Kier alpha value is -1.36. The molecule has 0 aromatic heterocycles. The Labute approximate surface area is 239 Å². The van der Waals surface area contributed by atoms with E-state index in [1.165, 1.54) is 5.57 Å². The van der Waals surface area contributed by atoms with Crippen molar-refractivity contribution in [2.24, 2.45) is 23.2 Å². The van der Waals surface area contributed by atoms with Crippen LogP contribution in [0.15, 0.2) is 35.5 Å². The first-order valence-electron chi connectivity index (χ1n) is 14.8. The Balaban J connectivity index is 1.85. The molecule has 4 nitrogen and oxygen atoms in total. The van der Waals surface area contributed by atoms with E-state index in [0.717, 1.165) is 43.8 Å². The largest absolute Gasteiger partial charge is 0.429 e. The predicted octanol–water partition coefficient (Wildman–Crippen LogP) is 7.32. The summed E-state index contributed by atoms with van der Waals surface area (Å²) in [5.74, 6) is 0.0637. The van der Waals surface area contributed by atoms with Gasteiger partial charge >= 0.3 is 12.4 Å². The lowest BCUT2D eigenvalue weighted by molar-refractivity contribution is -0.347. The van der Waals surface area contributed by atoms with Gasteiger partial charge in [-0.3, -0.25) is 0 Å². The molecule has 0 spiro atoms. The van der Waals surface area contributed by atoms with Gasteiger partial charge in [-0.25, -0.2) is 0 Å². The molecular formula is C31H46F6O4. The van der Waals surface area contributed by atoms with Crippen LogP contribution in [0.1, 0.15) is 97.8 Å². The van der Waals surface area contributed by atoms with Gasteiger partial charge in [0.05, 0.1) is 17.8 Å². The zero-order chi connectivity index (χ0) is 30.9. The highest BCUT2D eigenvalue weighted by atomic mass is 19.4. The molecule has 0 aromatic rings. The molecule has 0 aromatic carbocycles. The molecule has 3 fully saturated rings. The van der Waals surface area contributed by atoms with Crippen LogP contribution in [0.25, 0.3) is 0 Å². The molecule has 4 N–H and O–H groups in total. The average molecular weight is 597 g/mol. The van der Waals surface area contributed by atoms with Gasteiger partial charge in [0.25, 0.3) is 5.60 Å². The fraction of sp³-hybridized carbons (Fsp3) is 0.806. The first kappa shape index (κ1) is 34.1. The maximum Gasteiger partial charge on any atom is 0.429 e. The van der Waals surface area contributed by atoms with Crippen LogP contribution in [-0.4, -0.2) is 56.2 Å². The molecule has 0 heterocycles. The summed E-state index contributed by atoms with van der Waals surface area (Å²) >= 11 is 0. The summed E-state index contributed by atoms with van der Waals surface area (Å²) in [6.07, 6.45) is -0.853. The van der Waals surface area contributed by atoms with Crippen molar-refractivity contribution < 1.29 is 46.8 Å². The number of fused-ring (bicyclic) bond motifs is 1. The quantitative estimate of drug-likeness (QED) is 0.166. The Morgan fingerprint density at radius 3 is 2.12 bits per heavy atom. The monoisotopic (exact) mass is 596 g/mol. The van der Waals surface area contributed by atoms with Crippen molar-refractivity contribution in [1.82, 2.24) is 0 Å². The third-order valence-corrected chi connectivity index (χ3v) is 9.71. The van der Waals surface area contributed by atoms with Crippen molar-refractivity contribution in [3.05, 3.63) is 35.5 Å². The molecule has 0 saturated heterocycles. The first-order chi connectivity index (χ1) is 18.8. The number of allylic oxidation sites excluding steroid dienone is 4. The summed E-state index contributed by atoms with van der Waals surface area (Å²) < 4.78 is 79.5. The molecule has 0 bridgehead atoms. The summed E-state index contributed by atoms with van der Waals surface area (Å²) in [5, 5.41) is 39.8. The maximum atomic E-state index is 13.2. The van der Waals surface area contributed by atoms with Crippen LogP contribution in [0.4, 0.5) is 26.3 Å². The van der Waals surface area contributed by atoms with Gasteiger partial charge in [0.1, 0.15) is 0 Å². The Bertz CT molecular complexity index is 951. The Morgan fingerprint density at radius 1 is 0.951 bits per heavy atom. The predicted molar refractivity (Wildman–Crippen MR) is 145 cm³/mol. The molecule has 41 heavy (non-hydrogen) atoms. The van der Waals surface area contributed by atoms with Crippen LogP contribution >= 0.6 is 0 Å². The van der Waals surface area contributed by atoms with E-state index in [0.29, 0.717) is 38.5 Å². The number of aliphatic hydroxyl groups excluding tert-OH is 2. The molecule has 3 unspecified atom stereocenters. The zero-order valence-electron chi connectivity index (χ0n) is 24.2. The third-order valence-electron chi connectivity index (χ3n) is 9.71. The second kappa shape index (κ2) is 12.7. The molecular weight excluding hydrogens is 550 g/mol. The number of halogens is 6. The molecule has 0 aliphatic heterocycles. The van der Waals surface area contributed by atoms with Crippen molar-refractivity contribution in [3.63, 3.8) is 0 Å². The molecule has 6 atom stereocenters. The third kappa shape index (κ3) is 8.18. The summed E-state index contributed by atoms with van der Waals surface area (Å²) in [5.41, 5.74) is -3.79. The summed E-state index contributed by atoms with van der Waals surface area (Å²) in [6.45, 7) is 5.51. The van der Waals surface area contributed by atoms with Gasteiger partial charge in [-0.05, 0) is 114 Å². The molecule has 3 rings (SSSR count). The second-order valence-electron chi connectivity index (χ2n) is 13.5. The van der Waals surface area contributed by atoms with Gasteiger partial charge < -0.3 is 20.4 Å². The van der Waals surface area contributed by atoms with Gasteiger partial charge in [0.2, 0.25) is 0 Å². The van der Waals surface area contributed by atoms with Crippen LogP contribution in [-0.2, 0) is 0 Å². The Kier molecular flexibility index (Phi) is 10.6. The van der Waals surface area contributed by atoms with E-state index in [1.807, 2.05) is 6.08 Å². The average Bonchev–Trinajstić information content (AvgIpc) is 3.16. The lowest BCUT2D eigenvalue weighted by atomic mass is 9.60. The number of hydrogen-bond donors (Lipinski definition) is 4. The van der Waals surface area contributed by atoms with Crippen LogP contribution in [0.2, 0.25) is 0 Å². The number of alkyl halides is 6. The standard InChI is InChI=1S/C31H46F6O4/c1-27(2,40)14-4-7-21(9-6-16-29(41,30(32,33)34)31(35,36)37)25-12-13-26-22(8-5-15-28(25,26)3)11-10-20-17-23(38)19-24(39)18-20/h6,10-11,16,21,23-26,38-41H,4-5,7-9,12-15,17-19H2,1-3H3/b16-6+,22-11+/t21?,23-,24-,25?,26?,28-/m1/s1. The van der Waals surface area contributed by atoms with Gasteiger partial charge in [-0.1, -0.05) is 42.7 Å². The summed E-state index contributed by atoms with van der Waals surface area (Å²) in [4.78, 5) is 0. The van der Waals surface area contributed by atoms with Crippen LogP contribution in [0.3, 0.4) is 0 Å². The van der Waals surface area contributed by atoms with Gasteiger partial charge in [0.15, 0.2) is 0 Å². The van der Waals surface area contributed by atoms with E-state index in [9.17, 15) is 46.8 Å². The van der Waals surface area contributed by atoms with E-state index in [-0.39, 0.29) is 35.7 Å². The highest BCUT2D eigenvalue weighted by Crippen LogP contribution is 2.60. The highest BCUT2D eigenvalue weighted by molar-refractivity contribution is 5.26. The molecule has 0 radical (unpaired) electrons. The SMILES string of the molecule is CC(C)(O)CCCC(C/C=C/C(O)(C(F)(F)F)C(F)(F)F)C1CCC2/C(=C/C=C3C[C@@H](O)C[C@H](O)C3)CCC[C@@]21C. The number of hydrogen-bond acceptors (Lipinski definition) is 4. The van der Waals surface area contributed by atoms with Crippen molar-refractivity contribution in [3.8, 4) is 0 Å². The lowest BCUT2D eigenvalue weighted by Gasteiger charge is -2.45. The van der Waals surface area contributed by atoms with Crippen molar-refractivity contribution in [1.29, 1.82) is 0 Å². The second-order valence-corrected chi connectivity index (χ2v) is 13.5. The van der Waals surface area contributed by atoms with Crippen molar-refractivity contribution >= 4 is 0 Å². The van der Waals surface area contributed by atoms with Gasteiger partial charge in [0, 0.05) is 0 Å². The minimum absolute atomic E-state index is 0.0355. The fourth-order valence-electron chi connectivity index (χ4n) is 7.63. The van der Waals surface area contributed by atoms with Crippen LogP contribution in [0.5, 0.6) is 0 Å². The maximum absolute atomic E-state index is 13.2. The molecule has 3 aliphatic carbocycles. The molecule has 3 saturated carbocycles. The Morgan fingerprint density at radius 2 is 1.56 bits per heavy atom. The molecule has 236 valence electrons. The van der Waals surface area contributed by atoms with E-state index >= 15 is 0 Å². The molecule has 0 amide bonds.